The summed E-state index contributed by atoms with van der Waals surface area (Å²) in [6, 6.07) is 8.83. The minimum atomic E-state index is -0.577. The van der Waals surface area contributed by atoms with Gasteiger partial charge in [0.25, 0.3) is 5.56 Å². The molecule has 0 fully saturated rings. The van der Waals surface area contributed by atoms with Crippen LogP contribution in [0.2, 0.25) is 5.02 Å². The number of fused-ring (bicyclic) bond motifs is 1. The number of hydrogen-bond acceptors (Lipinski definition) is 6. The Hall–Kier alpha value is -3.50. The van der Waals surface area contributed by atoms with Crippen LogP contribution in [-0.4, -0.2) is 35.4 Å². The van der Waals surface area contributed by atoms with E-state index < -0.39 is 17.1 Å². The summed E-state index contributed by atoms with van der Waals surface area (Å²) in [5.41, 5.74) is -0.351. The Balaban J connectivity index is 1.93. The smallest absolute Gasteiger partial charge is 0.332 e. The third-order valence-electron chi connectivity index (χ3n) is 4.85. The second-order valence-electron chi connectivity index (χ2n) is 7.06. The lowest BCUT2D eigenvalue weighted by Crippen LogP contribution is -2.39. The highest BCUT2D eigenvalue weighted by Crippen LogP contribution is 2.25. The molecule has 3 heterocycles. The number of rotatable bonds is 7. The highest BCUT2D eigenvalue weighted by molar-refractivity contribution is 6.30. The quantitative estimate of drug-likeness (QED) is 0.455. The van der Waals surface area contributed by atoms with Crippen LogP contribution in [0.25, 0.3) is 11.2 Å². The van der Waals surface area contributed by atoms with E-state index in [0.29, 0.717) is 10.7 Å². The van der Waals surface area contributed by atoms with E-state index in [1.807, 2.05) is 0 Å². The van der Waals surface area contributed by atoms with Crippen molar-refractivity contribution in [3.05, 3.63) is 80.0 Å². The number of halogens is 2. The Morgan fingerprint density at radius 3 is 2.69 bits per heavy atom. The minimum absolute atomic E-state index is 0.00522. The van der Waals surface area contributed by atoms with Crippen LogP contribution in [0.15, 0.2) is 52.2 Å². The Labute approximate surface area is 185 Å². The van der Waals surface area contributed by atoms with Crippen molar-refractivity contribution in [1.82, 2.24) is 23.7 Å². The molecule has 0 atom stereocenters. The van der Waals surface area contributed by atoms with Gasteiger partial charge < -0.3 is 9.84 Å². The third-order valence-corrected chi connectivity index (χ3v) is 5.07. The summed E-state index contributed by atoms with van der Waals surface area (Å²) in [5, 5.41) is 9.60. The van der Waals surface area contributed by atoms with Crippen LogP contribution in [0.4, 0.5) is 4.39 Å². The number of aromatic nitrogens is 5. The molecule has 0 aliphatic rings. The molecule has 0 unspecified atom stereocenters. The number of benzene rings is 1. The SMILES string of the molecule is Cn1c(=O)n(CCCO)c(=O)c2c1nc(Oc1cccc(F)c1)n2Cc1ccc(Cl)cn1. The molecule has 1 aromatic carbocycles. The van der Waals surface area contributed by atoms with Crippen LogP contribution >= 0.6 is 11.6 Å². The number of nitrogens with zero attached hydrogens (tertiary/aromatic N) is 5. The first-order valence-corrected chi connectivity index (χ1v) is 10.1. The van der Waals surface area contributed by atoms with Gasteiger partial charge in [0.05, 0.1) is 17.3 Å². The van der Waals surface area contributed by atoms with Crippen molar-refractivity contribution in [2.24, 2.45) is 7.05 Å². The Morgan fingerprint density at radius 1 is 1.19 bits per heavy atom. The highest BCUT2D eigenvalue weighted by atomic mass is 35.5. The molecule has 4 rings (SSSR count). The lowest BCUT2D eigenvalue weighted by molar-refractivity contribution is 0.277. The van der Waals surface area contributed by atoms with E-state index in [0.717, 1.165) is 4.57 Å². The van der Waals surface area contributed by atoms with E-state index in [4.69, 9.17) is 21.4 Å². The van der Waals surface area contributed by atoms with E-state index in [-0.39, 0.29) is 49.0 Å². The number of aliphatic hydroxyl groups is 1. The monoisotopic (exact) mass is 459 g/mol. The van der Waals surface area contributed by atoms with Gasteiger partial charge in [0.2, 0.25) is 0 Å². The molecule has 1 N–H and O–H groups in total. The predicted octanol–water partition coefficient (Wildman–Crippen LogP) is 2.31. The fraction of sp³-hybridized carbons (Fsp3) is 0.238. The van der Waals surface area contributed by atoms with Gasteiger partial charge in [-0.05, 0) is 30.7 Å². The van der Waals surface area contributed by atoms with E-state index in [9.17, 15) is 14.0 Å². The number of ether oxygens (including phenoxy) is 1. The second-order valence-corrected chi connectivity index (χ2v) is 7.49. The zero-order chi connectivity index (χ0) is 22.8. The molecule has 11 heteroatoms. The molecule has 0 aliphatic heterocycles. The molecule has 32 heavy (non-hydrogen) atoms. The van der Waals surface area contributed by atoms with Crippen LogP contribution in [0.5, 0.6) is 11.8 Å². The van der Waals surface area contributed by atoms with Crippen molar-refractivity contribution in [2.45, 2.75) is 19.5 Å². The first-order valence-electron chi connectivity index (χ1n) is 9.74. The number of aliphatic hydroxyl groups excluding tert-OH is 1. The average Bonchev–Trinajstić information content (AvgIpc) is 3.12. The van der Waals surface area contributed by atoms with Gasteiger partial charge in [-0.25, -0.2) is 9.18 Å². The average molecular weight is 460 g/mol. The summed E-state index contributed by atoms with van der Waals surface area (Å²) in [6.45, 7) is -0.0380. The van der Waals surface area contributed by atoms with Crippen molar-refractivity contribution in [2.75, 3.05) is 6.61 Å². The summed E-state index contributed by atoms with van der Waals surface area (Å²) in [7, 11) is 1.49. The van der Waals surface area contributed by atoms with Crippen molar-refractivity contribution in [3.8, 4) is 11.8 Å². The van der Waals surface area contributed by atoms with Crippen molar-refractivity contribution in [1.29, 1.82) is 0 Å². The number of imidazole rings is 1. The van der Waals surface area contributed by atoms with Crippen LogP contribution in [0.1, 0.15) is 12.1 Å². The molecule has 0 radical (unpaired) electrons. The Morgan fingerprint density at radius 2 is 2.00 bits per heavy atom. The predicted molar refractivity (Wildman–Crippen MR) is 116 cm³/mol. The van der Waals surface area contributed by atoms with Gasteiger partial charge in [0.15, 0.2) is 11.2 Å². The number of pyridine rings is 1. The molecule has 0 amide bonds. The van der Waals surface area contributed by atoms with Gasteiger partial charge in [0, 0.05) is 32.5 Å². The largest absolute Gasteiger partial charge is 0.425 e. The molecule has 4 aromatic rings. The fourth-order valence-electron chi connectivity index (χ4n) is 3.30. The molecule has 3 aromatic heterocycles. The summed E-state index contributed by atoms with van der Waals surface area (Å²) < 4.78 is 23.2. The molecule has 0 spiro atoms. The summed E-state index contributed by atoms with van der Waals surface area (Å²) in [6.07, 6.45) is 1.71. The lowest BCUT2D eigenvalue weighted by Gasteiger charge is -2.11. The molecule has 0 bridgehead atoms. The van der Waals surface area contributed by atoms with Crippen LogP contribution in [-0.2, 0) is 20.1 Å². The summed E-state index contributed by atoms with van der Waals surface area (Å²) in [5.74, 6) is -0.320. The van der Waals surface area contributed by atoms with Crippen molar-refractivity contribution < 1.29 is 14.2 Å². The molecule has 9 nitrogen and oxygen atoms in total. The number of hydrogen-bond donors (Lipinski definition) is 1. The van der Waals surface area contributed by atoms with Crippen molar-refractivity contribution in [3.63, 3.8) is 0 Å². The standard InChI is InChI=1S/C21H19ClFN5O4/c1-26-18-17(19(30)27(21(26)31)8-3-9-29)28(12-15-7-6-13(22)11-24-15)20(25-18)32-16-5-2-4-14(23)10-16/h2,4-7,10-11,29H,3,8-9,12H2,1H3. The topological polar surface area (TPSA) is 104 Å². The molecular weight excluding hydrogens is 441 g/mol. The Bertz CT molecular complexity index is 1390. The summed E-state index contributed by atoms with van der Waals surface area (Å²) in [4.78, 5) is 34.6. The molecular formula is C21H19ClFN5O4. The fourth-order valence-corrected chi connectivity index (χ4v) is 3.41. The maximum atomic E-state index is 13.7. The third kappa shape index (κ3) is 4.14. The van der Waals surface area contributed by atoms with Gasteiger partial charge in [-0.1, -0.05) is 17.7 Å². The van der Waals surface area contributed by atoms with Crippen LogP contribution in [0, 0.1) is 5.82 Å². The van der Waals surface area contributed by atoms with E-state index in [1.54, 1.807) is 18.2 Å². The zero-order valence-electron chi connectivity index (χ0n) is 17.0. The molecule has 0 saturated carbocycles. The lowest BCUT2D eigenvalue weighted by atomic mass is 10.3. The van der Waals surface area contributed by atoms with E-state index in [1.165, 1.54) is 40.6 Å². The van der Waals surface area contributed by atoms with Gasteiger partial charge in [-0.15, -0.1) is 0 Å². The molecule has 0 aliphatic carbocycles. The minimum Gasteiger partial charge on any atom is -0.425 e. The first-order chi connectivity index (χ1) is 15.4. The van der Waals surface area contributed by atoms with E-state index in [2.05, 4.69) is 9.97 Å². The normalized spacial score (nSPS) is 11.2. The summed E-state index contributed by atoms with van der Waals surface area (Å²) >= 11 is 5.92. The molecule has 166 valence electrons. The number of aryl methyl sites for hydroxylation is 1. The van der Waals surface area contributed by atoms with Crippen LogP contribution in [0.3, 0.4) is 0 Å². The second kappa shape index (κ2) is 8.93. The maximum Gasteiger partial charge on any atom is 0.332 e. The van der Waals surface area contributed by atoms with Gasteiger partial charge >= 0.3 is 11.7 Å². The van der Waals surface area contributed by atoms with Crippen LogP contribution < -0.4 is 16.0 Å². The van der Waals surface area contributed by atoms with Gasteiger partial charge in [0.1, 0.15) is 11.6 Å². The molecule has 0 saturated heterocycles. The van der Waals surface area contributed by atoms with Crippen molar-refractivity contribution >= 4 is 22.8 Å². The zero-order valence-corrected chi connectivity index (χ0v) is 17.8. The highest BCUT2D eigenvalue weighted by Gasteiger charge is 2.22. The van der Waals surface area contributed by atoms with Gasteiger partial charge in [-0.2, -0.15) is 4.98 Å². The van der Waals surface area contributed by atoms with E-state index >= 15 is 0 Å². The van der Waals surface area contributed by atoms with Gasteiger partial charge in [-0.3, -0.25) is 23.5 Å². The Kier molecular flexibility index (Phi) is 6.06. The first kappa shape index (κ1) is 21.7. The maximum absolute atomic E-state index is 13.7.